The predicted molar refractivity (Wildman–Crippen MR) is 85.1 cm³/mol. The number of hydrogen-bond donors (Lipinski definition) is 3. The molecule has 136 valence electrons. The number of aromatic nitrogens is 4. The summed E-state index contributed by atoms with van der Waals surface area (Å²) in [6.45, 7) is -0.729. The molecule has 1 aliphatic heterocycles. The van der Waals surface area contributed by atoms with Gasteiger partial charge in [-0.2, -0.15) is 0 Å². The number of nitrogens with zero attached hydrogens (tertiary/aromatic N) is 4. The van der Waals surface area contributed by atoms with Crippen LogP contribution in [0.2, 0.25) is 0 Å². The van der Waals surface area contributed by atoms with Gasteiger partial charge >= 0.3 is 13.1 Å². The Balaban J connectivity index is 1.69. The zero-order chi connectivity index (χ0) is 18.7. The molecule has 12 heteroatoms. The lowest BCUT2D eigenvalue weighted by Gasteiger charge is -2.28. The number of carbonyl (C=O) groups is 2. The van der Waals surface area contributed by atoms with Crippen LogP contribution in [0.4, 0.5) is 4.39 Å². The van der Waals surface area contributed by atoms with E-state index < -0.39 is 31.6 Å². The molecule has 10 nitrogen and oxygen atoms in total. The Morgan fingerprint density at radius 3 is 3.00 bits per heavy atom. The molecule has 0 saturated carbocycles. The minimum atomic E-state index is -1.41. The van der Waals surface area contributed by atoms with Crippen molar-refractivity contribution in [3.8, 4) is 5.75 Å². The quantitative estimate of drug-likeness (QED) is 0.557. The molecule has 0 spiro atoms. The highest BCUT2D eigenvalue weighted by atomic mass is 19.1. The fourth-order valence-corrected chi connectivity index (χ4v) is 2.72. The number of hydrogen-bond acceptors (Lipinski definition) is 7. The third kappa shape index (κ3) is 3.64. The standard InChI is InChI=1S/C14H15BFN5O5/c16-4-5-21-11(18-19-20-21)7-12(22)17-10-6-8-2-1-3-9(14(23)24)13(8)26-15(10)25/h1-3,10,25H,4-7H2,(H,17,22)(H,23,24). The van der Waals surface area contributed by atoms with Gasteiger partial charge in [0.2, 0.25) is 5.91 Å². The number of aromatic carboxylic acids is 1. The molecular weight excluding hydrogens is 348 g/mol. The van der Waals surface area contributed by atoms with Gasteiger partial charge in [0.1, 0.15) is 12.4 Å². The normalized spacial score (nSPS) is 15.9. The number of nitrogens with one attached hydrogen (secondary N) is 1. The molecule has 0 radical (unpaired) electrons. The van der Waals surface area contributed by atoms with Crippen molar-refractivity contribution >= 4 is 19.0 Å². The molecular formula is C14H15BFN5O5. The van der Waals surface area contributed by atoms with Crippen LogP contribution in [0.5, 0.6) is 5.75 Å². The number of carboxylic acid groups (broad SMARTS) is 1. The first-order valence-electron chi connectivity index (χ1n) is 7.80. The molecule has 2 heterocycles. The SMILES string of the molecule is O=C(Cc1nnnn1CCF)NC1Cc2cccc(C(=O)O)c2OB1O. The highest BCUT2D eigenvalue weighted by Crippen LogP contribution is 2.30. The number of alkyl halides is 1. The van der Waals surface area contributed by atoms with Crippen molar-refractivity contribution in [2.24, 2.45) is 0 Å². The number of amides is 1. The van der Waals surface area contributed by atoms with Crippen LogP contribution in [0.25, 0.3) is 0 Å². The van der Waals surface area contributed by atoms with Gasteiger partial charge in [0.25, 0.3) is 0 Å². The van der Waals surface area contributed by atoms with Crippen molar-refractivity contribution in [1.29, 1.82) is 0 Å². The van der Waals surface area contributed by atoms with E-state index in [1.54, 1.807) is 12.1 Å². The maximum atomic E-state index is 12.4. The Kier molecular flexibility index (Phi) is 5.12. The first kappa shape index (κ1) is 17.8. The first-order chi connectivity index (χ1) is 12.5. The highest BCUT2D eigenvalue weighted by Gasteiger charge is 2.37. The molecule has 1 aliphatic rings. The van der Waals surface area contributed by atoms with E-state index >= 15 is 0 Å². The van der Waals surface area contributed by atoms with Gasteiger partial charge in [-0.15, -0.1) is 5.10 Å². The Bertz CT molecular complexity index is 832. The Morgan fingerprint density at radius 1 is 1.46 bits per heavy atom. The van der Waals surface area contributed by atoms with Crippen molar-refractivity contribution in [3.05, 3.63) is 35.2 Å². The Hall–Kier alpha value is -3.02. The number of carboxylic acids is 1. The van der Waals surface area contributed by atoms with Gasteiger partial charge in [-0.3, -0.25) is 4.79 Å². The van der Waals surface area contributed by atoms with Crippen molar-refractivity contribution in [1.82, 2.24) is 25.5 Å². The van der Waals surface area contributed by atoms with Gasteiger partial charge in [0.05, 0.1) is 24.5 Å². The van der Waals surface area contributed by atoms with Crippen LogP contribution in [0, 0.1) is 0 Å². The molecule has 0 bridgehead atoms. The topological polar surface area (TPSA) is 139 Å². The lowest BCUT2D eigenvalue weighted by Crippen LogP contribution is -2.53. The van der Waals surface area contributed by atoms with Crippen molar-refractivity contribution in [2.45, 2.75) is 25.3 Å². The number of halogens is 1. The average molecular weight is 363 g/mol. The number of tetrazole rings is 1. The predicted octanol–water partition coefficient (Wildman–Crippen LogP) is -0.977. The smallest absolute Gasteiger partial charge is 0.534 e. The Labute approximate surface area is 147 Å². The molecule has 3 N–H and O–H groups in total. The van der Waals surface area contributed by atoms with E-state index in [1.165, 1.54) is 10.7 Å². The summed E-state index contributed by atoms with van der Waals surface area (Å²) in [4.78, 5) is 23.4. The lowest BCUT2D eigenvalue weighted by atomic mass is 9.72. The summed E-state index contributed by atoms with van der Waals surface area (Å²) >= 11 is 0. The number of rotatable bonds is 6. The summed E-state index contributed by atoms with van der Waals surface area (Å²) in [6.07, 6.45) is -0.00295. The summed E-state index contributed by atoms with van der Waals surface area (Å²) in [6, 6.07) is 4.60. The average Bonchev–Trinajstić information content (AvgIpc) is 3.02. The second-order valence-corrected chi connectivity index (χ2v) is 5.67. The minimum absolute atomic E-state index is 0.0586. The second kappa shape index (κ2) is 7.48. The van der Waals surface area contributed by atoms with Crippen LogP contribution in [0.3, 0.4) is 0 Å². The second-order valence-electron chi connectivity index (χ2n) is 5.67. The molecule has 0 fully saturated rings. The molecule has 1 amide bonds. The summed E-state index contributed by atoms with van der Waals surface area (Å²) in [5.41, 5.74) is 0.500. The molecule has 3 rings (SSSR count). The first-order valence-corrected chi connectivity index (χ1v) is 7.80. The molecule has 2 aromatic rings. The van der Waals surface area contributed by atoms with Crippen LogP contribution in [0.15, 0.2) is 18.2 Å². The molecule has 0 aliphatic carbocycles. The summed E-state index contributed by atoms with van der Waals surface area (Å²) in [5.74, 6) is -2.14. The van der Waals surface area contributed by atoms with Gasteiger partial charge in [0, 0.05) is 0 Å². The summed E-state index contributed by atoms with van der Waals surface area (Å²) in [7, 11) is -1.41. The molecule has 1 aromatic heterocycles. The van der Waals surface area contributed by atoms with E-state index in [-0.39, 0.29) is 36.5 Å². The monoisotopic (exact) mass is 363 g/mol. The lowest BCUT2D eigenvalue weighted by molar-refractivity contribution is -0.121. The third-order valence-electron chi connectivity index (χ3n) is 3.92. The van der Waals surface area contributed by atoms with Crippen LogP contribution < -0.4 is 9.97 Å². The van der Waals surface area contributed by atoms with Gasteiger partial charge in [-0.05, 0) is 28.5 Å². The molecule has 26 heavy (non-hydrogen) atoms. The zero-order valence-corrected chi connectivity index (χ0v) is 13.5. The molecule has 1 aromatic carbocycles. The van der Waals surface area contributed by atoms with E-state index in [1.807, 2.05) is 0 Å². The van der Waals surface area contributed by atoms with Crippen molar-refractivity contribution in [3.63, 3.8) is 0 Å². The van der Waals surface area contributed by atoms with Crippen molar-refractivity contribution in [2.75, 3.05) is 6.67 Å². The highest BCUT2D eigenvalue weighted by molar-refractivity contribution is 6.47. The maximum absolute atomic E-state index is 12.4. The van der Waals surface area contributed by atoms with E-state index in [0.717, 1.165) is 0 Å². The maximum Gasteiger partial charge on any atom is 0.547 e. The van der Waals surface area contributed by atoms with Crippen LogP contribution in [-0.4, -0.2) is 61.9 Å². The number of fused-ring (bicyclic) bond motifs is 1. The summed E-state index contributed by atoms with van der Waals surface area (Å²) < 4.78 is 18.9. The van der Waals surface area contributed by atoms with Gasteiger partial charge < -0.3 is 20.1 Å². The number of aryl methyl sites for hydroxylation is 1. The van der Waals surface area contributed by atoms with Gasteiger partial charge in [0.15, 0.2) is 5.82 Å². The van der Waals surface area contributed by atoms with E-state index in [0.29, 0.717) is 5.56 Å². The van der Waals surface area contributed by atoms with Crippen LogP contribution >= 0.6 is 0 Å². The van der Waals surface area contributed by atoms with E-state index in [2.05, 4.69) is 20.8 Å². The minimum Gasteiger partial charge on any atom is -0.534 e. The Morgan fingerprint density at radius 2 is 2.27 bits per heavy atom. The van der Waals surface area contributed by atoms with Gasteiger partial charge in [-0.1, -0.05) is 12.1 Å². The van der Waals surface area contributed by atoms with Crippen LogP contribution in [-0.2, 0) is 24.2 Å². The number of para-hydroxylation sites is 1. The molecule has 0 saturated heterocycles. The number of benzene rings is 1. The molecule has 1 unspecified atom stereocenters. The fourth-order valence-electron chi connectivity index (χ4n) is 2.72. The summed E-state index contributed by atoms with van der Waals surface area (Å²) in [5, 5.41) is 32.5. The van der Waals surface area contributed by atoms with E-state index in [9.17, 15) is 24.1 Å². The molecule has 1 atom stereocenters. The van der Waals surface area contributed by atoms with Crippen LogP contribution in [0.1, 0.15) is 21.7 Å². The van der Waals surface area contributed by atoms with Crippen molar-refractivity contribution < 1.29 is 28.8 Å². The zero-order valence-electron chi connectivity index (χ0n) is 13.5. The fraction of sp³-hybridized carbons (Fsp3) is 0.357. The van der Waals surface area contributed by atoms with Gasteiger partial charge in [-0.25, -0.2) is 13.9 Å². The largest absolute Gasteiger partial charge is 0.547 e. The number of carbonyl (C=O) groups excluding carboxylic acids is 1. The third-order valence-corrected chi connectivity index (χ3v) is 3.92. The van der Waals surface area contributed by atoms with E-state index in [4.69, 9.17) is 4.65 Å².